The molecule has 0 aromatic heterocycles. The number of alkyl halides is 2. The van der Waals surface area contributed by atoms with Crippen LogP contribution in [-0.4, -0.2) is 59.5 Å². The third-order valence-electron chi connectivity index (χ3n) is 4.14. The third-order valence-corrected chi connectivity index (χ3v) is 4.14. The molecular weight excluding hydrogens is 290 g/mol. The van der Waals surface area contributed by atoms with Crippen molar-refractivity contribution >= 4 is 5.97 Å². The zero-order valence-electron chi connectivity index (χ0n) is 12.7. The summed E-state index contributed by atoms with van der Waals surface area (Å²) in [5, 5.41) is 8.89. The summed E-state index contributed by atoms with van der Waals surface area (Å²) in [4.78, 5) is 14.9. The molecule has 1 aliphatic rings. The van der Waals surface area contributed by atoms with Crippen molar-refractivity contribution in [1.82, 2.24) is 9.80 Å². The van der Waals surface area contributed by atoms with Gasteiger partial charge in [0.15, 0.2) is 0 Å². The van der Waals surface area contributed by atoms with Gasteiger partial charge in [-0.05, 0) is 24.1 Å². The van der Waals surface area contributed by atoms with Crippen LogP contribution < -0.4 is 0 Å². The first kappa shape index (κ1) is 16.8. The topological polar surface area (TPSA) is 43.8 Å². The van der Waals surface area contributed by atoms with Gasteiger partial charge in [-0.25, -0.2) is 13.6 Å². The Morgan fingerprint density at radius 1 is 1.32 bits per heavy atom. The molecule has 4 nitrogen and oxygen atoms in total. The van der Waals surface area contributed by atoms with Crippen molar-refractivity contribution in [3.63, 3.8) is 0 Å². The van der Waals surface area contributed by atoms with Gasteiger partial charge in [0.2, 0.25) is 0 Å². The van der Waals surface area contributed by atoms with E-state index in [4.69, 9.17) is 5.11 Å². The van der Waals surface area contributed by atoms with Gasteiger partial charge in [-0.15, -0.1) is 0 Å². The Bertz CT molecular complexity index is 493. The van der Waals surface area contributed by atoms with Crippen molar-refractivity contribution in [2.75, 3.05) is 26.2 Å². The predicted octanol–water partition coefficient (Wildman–Crippen LogP) is 2.55. The second-order valence-electron chi connectivity index (χ2n) is 5.69. The number of halogens is 2. The van der Waals surface area contributed by atoms with Crippen LogP contribution in [0.2, 0.25) is 0 Å². The first-order chi connectivity index (χ1) is 10.5. The van der Waals surface area contributed by atoms with E-state index in [0.29, 0.717) is 6.54 Å². The number of hydrogen-bond donors (Lipinski definition) is 1. The van der Waals surface area contributed by atoms with Gasteiger partial charge in [0, 0.05) is 32.2 Å². The number of carboxylic acids is 1. The third kappa shape index (κ3) is 4.48. The molecule has 0 aliphatic carbocycles. The molecule has 1 aliphatic heterocycles. The van der Waals surface area contributed by atoms with E-state index in [-0.39, 0.29) is 18.2 Å². The van der Waals surface area contributed by atoms with Crippen LogP contribution >= 0.6 is 0 Å². The fourth-order valence-electron chi connectivity index (χ4n) is 2.92. The Morgan fingerprint density at radius 3 is 2.55 bits per heavy atom. The minimum atomic E-state index is -2.29. The molecule has 1 unspecified atom stereocenters. The highest BCUT2D eigenvalue weighted by molar-refractivity contribution is 5.87. The highest BCUT2D eigenvalue weighted by Gasteiger charge is 2.27. The molecule has 1 aromatic rings. The molecule has 1 fully saturated rings. The number of carboxylic acid groups (broad SMARTS) is 1. The second-order valence-corrected chi connectivity index (χ2v) is 5.69. The van der Waals surface area contributed by atoms with Gasteiger partial charge in [-0.3, -0.25) is 9.80 Å². The van der Waals surface area contributed by atoms with Crippen LogP contribution in [0, 0.1) is 0 Å². The molecule has 2 rings (SSSR count). The van der Waals surface area contributed by atoms with Crippen LogP contribution in [-0.2, 0) is 6.54 Å². The van der Waals surface area contributed by atoms with Crippen LogP contribution in [0.3, 0.4) is 0 Å². The average molecular weight is 312 g/mol. The van der Waals surface area contributed by atoms with E-state index in [1.807, 2.05) is 24.0 Å². The SMILES string of the molecule is CCC1CN(Cc2ccc(C(=O)O)cc2)CCN1CC(F)F. The van der Waals surface area contributed by atoms with Gasteiger partial charge in [-0.1, -0.05) is 19.1 Å². The molecule has 1 N–H and O–H groups in total. The summed E-state index contributed by atoms with van der Waals surface area (Å²) in [6.07, 6.45) is -1.44. The van der Waals surface area contributed by atoms with Crippen molar-refractivity contribution < 1.29 is 18.7 Å². The monoisotopic (exact) mass is 312 g/mol. The van der Waals surface area contributed by atoms with E-state index in [2.05, 4.69) is 4.90 Å². The van der Waals surface area contributed by atoms with Crippen LogP contribution in [0.1, 0.15) is 29.3 Å². The maximum absolute atomic E-state index is 12.6. The lowest BCUT2D eigenvalue weighted by molar-refractivity contribution is 0.0169. The van der Waals surface area contributed by atoms with Crippen molar-refractivity contribution in [1.29, 1.82) is 0 Å². The van der Waals surface area contributed by atoms with E-state index < -0.39 is 12.4 Å². The highest BCUT2D eigenvalue weighted by Crippen LogP contribution is 2.17. The highest BCUT2D eigenvalue weighted by atomic mass is 19.3. The number of aromatic carboxylic acids is 1. The Balaban J connectivity index is 1.93. The van der Waals surface area contributed by atoms with Gasteiger partial charge >= 0.3 is 5.97 Å². The standard InChI is InChI=1S/C16H22F2N2O2/c1-2-14-10-19(7-8-20(14)11-15(17)18)9-12-3-5-13(6-4-12)16(21)22/h3-6,14-15H,2,7-11H2,1H3,(H,21,22). The average Bonchev–Trinajstić information content (AvgIpc) is 2.49. The summed E-state index contributed by atoms with van der Waals surface area (Å²) in [5.74, 6) is -0.932. The molecule has 22 heavy (non-hydrogen) atoms. The van der Waals surface area contributed by atoms with Crippen LogP contribution in [0.25, 0.3) is 0 Å². The smallest absolute Gasteiger partial charge is 0.335 e. The van der Waals surface area contributed by atoms with E-state index in [0.717, 1.165) is 31.6 Å². The second kappa shape index (κ2) is 7.65. The molecule has 0 bridgehead atoms. The number of carbonyl (C=O) groups is 1. The minimum Gasteiger partial charge on any atom is -0.478 e. The summed E-state index contributed by atoms with van der Waals surface area (Å²) in [6.45, 7) is 4.76. The zero-order valence-corrected chi connectivity index (χ0v) is 12.7. The van der Waals surface area contributed by atoms with E-state index in [1.165, 1.54) is 0 Å². The Hall–Kier alpha value is -1.53. The summed E-state index contributed by atoms with van der Waals surface area (Å²) in [6, 6.07) is 6.98. The Labute approximate surface area is 129 Å². The number of piperazine rings is 1. The number of hydrogen-bond acceptors (Lipinski definition) is 3. The van der Waals surface area contributed by atoms with Gasteiger partial charge in [0.25, 0.3) is 6.43 Å². The number of rotatable bonds is 6. The molecule has 1 heterocycles. The molecule has 0 spiro atoms. The molecule has 122 valence electrons. The lowest BCUT2D eigenvalue weighted by atomic mass is 10.1. The minimum absolute atomic E-state index is 0.153. The first-order valence-corrected chi connectivity index (χ1v) is 7.56. The summed E-state index contributed by atoms with van der Waals surface area (Å²) >= 11 is 0. The van der Waals surface area contributed by atoms with Crippen LogP contribution in [0.5, 0.6) is 0 Å². The van der Waals surface area contributed by atoms with Gasteiger partial charge in [-0.2, -0.15) is 0 Å². The van der Waals surface area contributed by atoms with Crippen molar-refractivity contribution in [2.24, 2.45) is 0 Å². The quantitative estimate of drug-likeness (QED) is 0.877. The fraction of sp³-hybridized carbons (Fsp3) is 0.562. The molecule has 0 amide bonds. The predicted molar refractivity (Wildman–Crippen MR) is 80.3 cm³/mol. The fourth-order valence-corrected chi connectivity index (χ4v) is 2.92. The Morgan fingerprint density at radius 2 is 2.00 bits per heavy atom. The lowest BCUT2D eigenvalue weighted by Crippen LogP contribution is -2.53. The maximum atomic E-state index is 12.6. The molecule has 0 saturated carbocycles. The molecule has 6 heteroatoms. The van der Waals surface area contributed by atoms with Crippen LogP contribution in [0.15, 0.2) is 24.3 Å². The largest absolute Gasteiger partial charge is 0.478 e. The summed E-state index contributed by atoms with van der Waals surface area (Å²) < 4.78 is 25.1. The molecule has 1 saturated heterocycles. The van der Waals surface area contributed by atoms with Gasteiger partial charge in [0.05, 0.1) is 12.1 Å². The number of benzene rings is 1. The molecule has 0 radical (unpaired) electrons. The maximum Gasteiger partial charge on any atom is 0.335 e. The normalized spacial score (nSPS) is 20.5. The van der Waals surface area contributed by atoms with Crippen molar-refractivity contribution in [3.05, 3.63) is 35.4 Å². The summed E-state index contributed by atoms with van der Waals surface area (Å²) in [7, 11) is 0. The first-order valence-electron chi connectivity index (χ1n) is 7.56. The van der Waals surface area contributed by atoms with Gasteiger partial charge < -0.3 is 5.11 Å². The van der Waals surface area contributed by atoms with Crippen molar-refractivity contribution in [3.8, 4) is 0 Å². The molecule has 1 atom stereocenters. The van der Waals surface area contributed by atoms with E-state index in [1.54, 1.807) is 12.1 Å². The zero-order chi connectivity index (χ0) is 16.1. The number of nitrogens with zero attached hydrogens (tertiary/aromatic N) is 2. The molecule has 1 aromatic carbocycles. The van der Waals surface area contributed by atoms with E-state index in [9.17, 15) is 13.6 Å². The Kier molecular flexibility index (Phi) is 5.85. The van der Waals surface area contributed by atoms with Crippen molar-refractivity contribution in [2.45, 2.75) is 32.4 Å². The lowest BCUT2D eigenvalue weighted by Gasteiger charge is -2.41. The summed E-state index contributed by atoms with van der Waals surface area (Å²) in [5.41, 5.74) is 1.32. The van der Waals surface area contributed by atoms with Crippen LogP contribution in [0.4, 0.5) is 8.78 Å². The van der Waals surface area contributed by atoms with Gasteiger partial charge in [0.1, 0.15) is 0 Å². The van der Waals surface area contributed by atoms with E-state index >= 15 is 0 Å². The molecular formula is C16H22F2N2O2.